The smallest absolute Gasteiger partial charge is 0.271 e. The third-order valence-electron chi connectivity index (χ3n) is 6.27. The molecule has 0 aliphatic carbocycles. The Labute approximate surface area is 244 Å². The summed E-state index contributed by atoms with van der Waals surface area (Å²) >= 11 is 6.22. The highest BCUT2D eigenvalue weighted by molar-refractivity contribution is 7.92. The van der Waals surface area contributed by atoms with E-state index < -0.39 is 15.9 Å². The van der Waals surface area contributed by atoms with E-state index in [0.29, 0.717) is 39.7 Å². The number of halogens is 1. The van der Waals surface area contributed by atoms with E-state index in [1.807, 2.05) is 0 Å². The average Bonchev–Trinajstić information content (AvgIpc) is 3.48. The summed E-state index contributed by atoms with van der Waals surface area (Å²) in [6.45, 7) is 1.18. The van der Waals surface area contributed by atoms with Crippen molar-refractivity contribution in [2.45, 2.75) is 25.5 Å². The molecule has 41 heavy (non-hydrogen) atoms. The van der Waals surface area contributed by atoms with Gasteiger partial charge in [0.05, 0.1) is 30.8 Å². The number of ether oxygens (including phenoxy) is 2. The van der Waals surface area contributed by atoms with Crippen LogP contribution in [-0.4, -0.2) is 58.6 Å². The van der Waals surface area contributed by atoms with Crippen molar-refractivity contribution >= 4 is 45.3 Å². The minimum Gasteiger partial charge on any atom is -0.484 e. The molecule has 0 radical (unpaired) electrons. The number of carbonyl (C=O) groups is 2. The second kappa shape index (κ2) is 14.1. The van der Waals surface area contributed by atoms with Gasteiger partial charge in [0.2, 0.25) is 10.0 Å². The molecule has 2 amide bonds. The number of amides is 2. The zero-order valence-electron chi connectivity index (χ0n) is 22.5. The molecule has 1 aliphatic heterocycles. The topological polar surface area (TPSA) is 126 Å². The third kappa shape index (κ3) is 9.04. The van der Waals surface area contributed by atoms with Crippen molar-refractivity contribution in [3.05, 3.63) is 94.5 Å². The maximum absolute atomic E-state index is 12.5. The van der Waals surface area contributed by atoms with Gasteiger partial charge in [0.15, 0.2) is 6.61 Å². The molecule has 216 valence electrons. The summed E-state index contributed by atoms with van der Waals surface area (Å²) in [6.07, 6.45) is 4.63. The van der Waals surface area contributed by atoms with Crippen LogP contribution in [0.15, 0.2) is 77.9 Å². The van der Waals surface area contributed by atoms with Crippen LogP contribution in [-0.2, 0) is 26.1 Å². The number of nitrogens with one attached hydrogen (secondary N) is 2. The standard InChI is InChI=1S/C29H31ClN4O6S/c1-41(37,38)34(19-23-5-2-3-7-27(23)30)24-12-10-22(11-13-24)29(36)33-32-17-21-8-14-25(15-9-21)40-20-28(35)31-18-26-6-4-16-39-26/h2-3,5,7-15,17,26H,4,6,16,18-20H2,1H3,(H,31,35)(H,33,36)/b32-17-/t26-/m0/s1. The lowest BCUT2D eigenvalue weighted by molar-refractivity contribution is -0.123. The van der Waals surface area contributed by atoms with Crippen molar-refractivity contribution in [2.24, 2.45) is 5.10 Å². The first-order valence-corrected chi connectivity index (χ1v) is 15.2. The third-order valence-corrected chi connectivity index (χ3v) is 7.78. The second-order valence-electron chi connectivity index (χ2n) is 9.40. The van der Waals surface area contributed by atoms with Crippen LogP contribution in [0.4, 0.5) is 5.69 Å². The monoisotopic (exact) mass is 598 g/mol. The Morgan fingerprint density at radius 2 is 1.83 bits per heavy atom. The number of hydrogen-bond acceptors (Lipinski definition) is 7. The zero-order valence-corrected chi connectivity index (χ0v) is 24.0. The fourth-order valence-electron chi connectivity index (χ4n) is 4.07. The van der Waals surface area contributed by atoms with Gasteiger partial charge < -0.3 is 14.8 Å². The molecule has 10 nitrogen and oxygen atoms in total. The van der Waals surface area contributed by atoms with Gasteiger partial charge in [-0.25, -0.2) is 13.8 Å². The molecule has 4 rings (SSSR count). The zero-order chi connectivity index (χ0) is 29.2. The molecule has 1 heterocycles. The minimum absolute atomic E-state index is 0.0568. The van der Waals surface area contributed by atoms with Crippen LogP contribution in [0, 0.1) is 0 Å². The number of rotatable bonds is 12. The molecule has 1 saturated heterocycles. The van der Waals surface area contributed by atoms with Gasteiger partial charge in [-0.15, -0.1) is 0 Å². The van der Waals surface area contributed by atoms with Crippen LogP contribution in [0.5, 0.6) is 5.75 Å². The molecule has 3 aromatic carbocycles. The summed E-state index contributed by atoms with van der Waals surface area (Å²) in [5, 5.41) is 7.25. The van der Waals surface area contributed by atoms with E-state index in [0.717, 1.165) is 25.7 Å². The fraction of sp³-hybridized carbons (Fsp3) is 0.276. The molecule has 0 spiro atoms. The SMILES string of the molecule is CS(=O)(=O)N(Cc1ccccc1Cl)c1ccc(C(=O)N/N=C\c2ccc(OCC(=O)NC[C@@H]3CCCO3)cc2)cc1. The van der Waals surface area contributed by atoms with Crippen molar-refractivity contribution in [3.63, 3.8) is 0 Å². The minimum atomic E-state index is -3.61. The van der Waals surface area contributed by atoms with E-state index in [-0.39, 0.29) is 25.2 Å². The van der Waals surface area contributed by atoms with E-state index in [2.05, 4.69) is 15.8 Å². The second-order valence-corrected chi connectivity index (χ2v) is 11.7. The maximum Gasteiger partial charge on any atom is 0.271 e. The molecule has 1 atom stereocenters. The fourth-order valence-corrected chi connectivity index (χ4v) is 5.15. The van der Waals surface area contributed by atoms with E-state index in [9.17, 15) is 18.0 Å². The summed E-state index contributed by atoms with van der Waals surface area (Å²) in [4.78, 5) is 24.5. The Bertz CT molecular complexity index is 1470. The highest BCUT2D eigenvalue weighted by Gasteiger charge is 2.20. The van der Waals surface area contributed by atoms with Gasteiger partial charge in [0.25, 0.3) is 11.8 Å². The van der Waals surface area contributed by atoms with E-state index in [1.54, 1.807) is 60.7 Å². The van der Waals surface area contributed by atoms with Gasteiger partial charge in [0.1, 0.15) is 5.75 Å². The first-order valence-electron chi connectivity index (χ1n) is 12.9. The summed E-state index contributed by atoms with van der Waals surface area (Å²) in [6, 6.07) is 20.0. The lowest BCUT2D eigenvalue weighted by atomic mass is 10.2. The molecule has 0 saturated carbocycles. The normalized spacial score (nSPS) is 15.0. The first kappa shape index (κ1) is 30.0. The molecule has 3 aromatic rings. The first-order chi connectivity index (χ1) is 19.7. The molecule has 0 aromatic heterocycles. The Hall–Kier alpha value is -3.93. The molecule has 0 bridgehead atoms. The maximum atomic E-state index is 12.5. The van der Waals surface area contributed by atoms with Crippen LogP contribution >= 0.6 is 11.6 Å². The Morgan fingerprint density at radius 1 is 1.10 bits per heavy atom. The van der Waals surface area contributed by atoms with Gasteiger partial charge in [-0.05, 0) is 78.6 Å². The summed E-state index contributed by atoms with van der Waals surface area (Å²) in [7, 11) is -3.61. The molecular weight excluding hydrogens is 568 g/mol. The van der Waals surface area contributed by atoms with Gasteiger partial charge in [0, 0.05) is 23.7 Å². The van der Waals surface area contributed by atoms with Crippen LogP contribution in [0.1, 0.15) is 34.3 Å². The number of hydrazone groups is 1. The summed E-state index contributed by atoms with van der Waals surface area (Å²) < 4.78 is 37.1. The largest absolute Gasteiger partial charge is 0.484 e. The van der Waals surface area contributed by atoms with Crippen molar-refractivity contribution in [2.75, 3.05) is 30.3 Å². The summed E-state index contributed by atoms with van der Waals surface area (Å²) in [5.74, 6) is -0.151. The molecule has 0 unspecified atom stereocenters. The molecule has 2 N–H and O–H groups in total. The van der Waals surface area contributed by atoms with E-state index in [1.165, 1.54) is 22.7 Å². The lowest BCUT2D eigenvalue weighted by Gasteiger charge is -2.23. The Morgan fingerprint density at radius 3 is 2.49 bits per heavy atom. The van der Waals surface area contributed by atoms with Crippen molar-refractivity contribution < 1.29 is 27.5 Å². The van der Waals surface area contributed by atoms with Crippen LogP contribution in [0.3, 0.4) is 0 Å². The van der Waals surface area contributed by atoms with Crippen LogP contribution in [0.25, 0.3) is 0 Å². The quantitative estimate of drug-likeness (QED) is 0.242. The van der Waals surface area contributed by atoms with Crippen LogP contribution in [0.2, 0.25) is 5.02 Å². The van der Waals surface area contributed by atoms with Crippen molar-refractivity contribution in [3.8, 4) is 5.75 Å². The number of benzene rings is 3. The van der Waals surface area contributed by atoms with Crippen molar-refractivity contribution in [1.82, 2.24) is 10.7 Å². The Kier molecular flexibility index (Phi) is 10.3. The van der Waals surface area contributed by atoms with Crippen LogP contribution < -0.4 is 19.8 Å². The number of nitrogens with zero attached hydrogens (tertiary/aromatic N) is 2. The molecule has 1 aliphatic rings. The average molecular weight is 599 g/mol. The lowest BCUT2D eigenvalue weighted by Crippen LogP contribution is -2.35. The van der Waals surface area contributed by atoms with E-state index in [4.69, 9.17) is 21.1 Å². The number of sulfonamides is 1. The van der Waals surface area contributed by atoms with Crippen molar-refractivity contribution in [1.29, 1.82) is 0 Å². The molecular formula is C29H31ClN4O6S. The van der Waals surface area contributed by atoms with Gasteiger partial charge in [-0.3, -0.25) is 13.9 Å². The van der Waals surface area contributed by atoms with Gasteiger partial charge in [-0.2, -0.15) is 5.10 Å². The highest BCUT2D eigenvalue weighted by atomic mass is 35.5. The van der Waals surface area contributed by atoms with Gasteiger partial charge >= 0.3 is 0 Å². The number of hydrogen-bond donors (Lipinski definition) is 2. The predicted molar refractivity (Wildman–Crippen MR) is 158 cm³/mol. The van der Waals surface area contributed by atoms with E-state index >= 15 is 0 Å². The highest BCUT2D eigenvalue weighted by Crippen LogP contribution is 2.24. The Balaban J connectivity index is 1.27. The molecule has 12 heteroatoms. The van der Waals surface area contributed by atoms with Gasteiger partial charge in [-0.1, -0.05) is 29.8 Å². The molecule has 1 fully saturated rings. The number of carbonyl (C=O) groups excluding carboxylic acids is 2. The number of anilines is 1. The predicted octanol–water partition coefficient (Wildman–Crippen LogP) is 3.74. The summed E-state index contributed by atoms with van der Waals surface area (Å²) in [5.41, 5.74) is 4.52.